The third-order valence-electron chi connectivity index (χ3n) is 4.13. The Morgan fingerprint density at radius 3 is 1.38 bits per heavy atom. The second-order valence-electron chi connectivity index (χ2n) is 5.51. The fourth-order valence-corrected chi connectivity index (χ4v) is 4.22. The van der Waals surface area contributed by atoms with Gasteiger partial charge < -0.3 is 15.1 Å². The molecule has 0 spiro atoms. The molecule has 1 unspecified atom stereocenters. The molecule has 0 aromatic heterocycles. The smallest absolute Gasteiger partial charge is 0.208 e. The molecule has 0 aliphatic rings. The van der Waals surface area contributed by atoms with Crippen molar-refractivity contribution in [1.29, 1.82) is 0 Å². The highest BCUT2D eigenvalue weighted by molar-refractivity contribution is 7.40. The SMILES string of the molecule is O=[PH](O)C(c1ccccc1)(c1ccc(O)cc1)c1ccc(O)cc1. The van der Waals surface area contributed by atoms with Crippen molar-refractivity contribution in [3.8, 4) is 11.5 Å². The normalized spacial score (nSPS) is 12.7. The summed E-state index contributed by atoms with van der Waals surface area (Å²) < 4.78 is 12.7. The molecule has 3 rings (SSSR count). The molecule has 0 saturated carbocycles. The zero-order chi connectivity index (χ0) is 17.2. The van der Waals surface area contributed by atoms with E-state index >= 15 is 0 Å². The van der Waals surface area contributed by atoms with Crippen molar-refractivity contribution >= 4 is 8.03 Å². The lowest BCUT2D eigenvalue weighted by atomic mass is 9.84. The molecule has 0 amide bonds. The first-order valence-corrected chi connectivity index (χ1v) is 8.78. The van der Waals surface area contributed by atoms with Gasteiger partial charge >= 0.3 is 0 Å². The molecule has 0 saturated heterocycles. The van der Waals surface area contributed by atoms with Crippen LogP contribution in [0.5, 0.6) is 11.5 Å². The van der Waals surface area contributed by atoms with E-state index in [2.05, 4.69) is 0 Å². The maximum absolute atomic E-state index is 12.7. The summed E-state index contributed by atoms with van der Waals surface area (Å²) in [5, 5.41) is 17.9. The van der Waals surface area contributed by atoms with Gasteiger partial charge in [0.2, 0.25) is 8.03 Å². The molecule has 122 valence electrons. The molecule has 0 bridgehead atoms. The van der Waals surface area contributed by atoms with Crippen molar-refractivity contribution in [3.05, 3.63) is 95.6 Å². The summed E-state index contributed by atoms with van der Waals surface area (Å²) >= 11 is 0. The molecule has 0 heterocycles. The van der Waals surface area contributed by atoms with Gasteiger partial charge in [-0.3, -0.25) is 4.57 Å². The highest BCUT2D eigenvalue weighted by atomic mass is 31.1. The van der Waals surface area contributed by atoms with E-state index in [0.29, 0.717) is 16.7 Å². The largest absolute Gasteiger partial charge is 0.508 e. The van der Waals surface area contributed by atoms with Gasteiger partial charge in [-0.15, -0.1) is 0 Å². The summed E-state index contributed by atoms with van der Waals surface area (Å²) in [6.45, 7) is 0. The Labute approximate surface area is 140 Å². The van der Waals surface area contributed by atoms with Crippen LogP contribution >= 0.6 is 8.03 Å². The van der Waals surface area contributed by atoms with Crippen molar-refractivity contribution in [2.45, 2.75) is 5.16 Å². The van der Waals surface area contributed by atoms with Crippen molar-refractivity contribution in [2.24, 2.45) is 0 Å². The summed E-state index contributed by atoms with van der Waals surface area (Å²) in [6, 6.07) is 21.7. The van der Waals surface area contributed by atoms with Gasteiger partial charge in [-0.1, -0.05) is 54.6 Å². The Balaban J connectivity index is 2.35. The van der Waals surface area contributed by atoms with Crippen LogP contribution in [0.25, 0.3) is 0 Å². The summed E-state index contributed by atoms with van der Waals surface area (Å²) in [5.74, 6) is 0.174. The highest BCUT2D eigenvalue weighted by Gasteiger charge is 2.41. The van der Waals surface area contributed by atoms with Crippen LogP contribution < -0.4 is 0 Å². The van der Waals surface area contributed by atoms with E-state index in [-0.39, 0.29) is 11.5 Å². The first-order chi connectivity index (χ1) is 11.5. The molecule has 4 nitrogen and oxygen atoms in total. The van der Waals surface area contributed by atoms with Crippen molar-refractivity contribution < 1.29 is 19.7 Å². The topological polar surface area (TPSA) is 77.8 Å². The summed E-state index contributed by atoms with van der Waals surface area (Å²) in [4.78, 5) is 10.4. The average molecular weight is 340 g/mol. The zero-order valence-corrected chi connectivity index (χ0v) is 13.8. The van der Waals surface area contributed by atoms with Gasteiger partial charge in [0.1, 0.15) is 16.7 Å². The minimum Gasteiger partial charge on any atom is -0.508 e. The Bertz CT molecular complexity index is 797. The van der Waals surface area contributed by atoms with Gasteiger partial charge in [0.05, 0.1) is 0 Å². The second-order valence-corrected chi connectivity index (χ2v) is 6.88. The van der Waals surface area contributed by atoms with Crippen LogP contribution in [0.4, 0.5) is 0 Å². The molecule has 1 atom stereocenters. The van der Waals surface area contributed by atoms with Gasteiger partial charge in [0, 0.05) is 0 Å². The molecule has 0 aliphatic heterocycles. The van der Waals surface area contributed by atoms with E-state index < -0.39 is 13.2 Å². The van der Waals surface area contributed by atoms with Crippen LogP contribution in [0.2, 0.25) is 0 Å². The molecule has 5 heteroatoms. The first-order valence-electron chi connectivity index (χ1n) is 7.43. The van der Waals surface area contributed by atoms with E-state index in [0.717, 1.165) is 0 Å². The van der Waals surface area contributed by atoms with Gasteiger partial charge in [-0.25, -0.2) is 0 Å². The number of benzene rings is 3. The van der Waals surface area contributed by atoms with E-state index in [1.54, 1.807) is 36.4 Å². The lowest BCUT2D eigenvalue weighted by molar-refractivity contribution is 0.470. The van der Waals surface area contributed by atoms with Gasteiger partial charge in [-0.2, -0.15) is 0 Å². The number of phenols is 2. The Hall–Kier alpha value is -2.55. The summed E-state index contributed by atoms with van der Waals surface area (Å²) in [5.41, 5.74) is 1.87. The quantitative estimate of drug-likeness (QED) is 0.498. The summed E-state index contributed by atoms with van der Waals surface area (Å²) in [7, 11) is -3.13. The number of rotatable bonds is 4. The van der Waals surface area contributed by atoms with Crippen molar-refractivity contribution in [1.82, 2.24) is 0 Å². The summed E-state index contributed by atoms with van der Waals surface area (Å²) in [6.07, 6.45) is 0. The van der Waals surface area contributed by atoms with Crippen molar-refractivity contribution in [3.63, 3.8) is 0 Å². The maximum atomic E-state index is 12.7. The molecule has 24 heavy (non-hydrogen) atoms. The Morgan fingerprint density at radius 1 is 0.625 bits per heavy atom. The maximum Gasteiger partial charge on any atom is 0.208 e. The predicted molar refractivity (Wildman–Crippen MR) is 93.8 cm³/mol. The fourth-order valence-electron chi connectivity index (χ4n) is 2.98. The van der Waals surface area contributed by atoms with Gasteiger partial charge in [-0.05, 0) is 41.0 Å². The van der Waals surface area contributed by atoms with E-state index in [9.17, 15) is 19.7 Å². The van der Waals surface area contributed by atoms with E-state index in [1.165, 1.54) is 24.3 Å². The average Bonchev–Trinajstić information content (AvgIpc) is 2.59. The van der Waals surface area contributed by atoms with Crippen LogP contribution in [0.1, 0.15) is 16.7 Å². The van der Waals surface area contributed by atoms with E-state index in [4.69, 9.17) is 0 Å². The fraction of sp³-hybridized carbons (Fsp3) is 0.0526. The van der Waals surface area contributed by atoms with Crippen LogP contribution in [0.3, 0.4) is 0 Å². The monoisotopic (exact) mass is 340 g/mol. The highest BCUT2D eigenvalue weighted by Crippen LogP contribution is 2.54. The Morgan fingerprint density at radius 2 is 1.00 bits per heavy atom. The molecule has 0 fully saturated rings. The molecule has 0 aliphatic carbocycles. The lowest BCUT2D eigenvalue weighted by Crippen LogP contribution is -2.25. The van der Waals surface area contributed by atoms with Crippen molar-refractivity contribution in [2.75, 3.05) is 0 Å². The van der Waals surface area contributed by atoms with Crippen LogP contribution in [-0.2, 0) is 9.72 Å². The van der Waals surface area contributed by atoms with Crippen LogP contribution in [-0.4, -0.2) is 15.1 Å². The lowest BCUT2D eigenvalue weighted by Gasteiger charge is -2.33. The van der Waals surface area contributed by atoms with Gasteiger partial charge in [0.25, 0.3) is 0 Å². The third-order valence-corrected chi connectivity index (χ3v) is 5.64. The zero-order valence-electron chi connectivity index (χ0n) is 12.8. The minimum atomic E-state index is -3.13. The number of hydrogen-bond donors (Lipinski definition) is 3. The standard InChI is InChI=1S/C19H17O4P/c20-17-10-6-15(7-11-17)19(24(22)23,14-4-2-1-3-5-14)16-8-12-18(21)13-9-16/h1-13,20-21,24H,(H,22,23). The molecular formula is C19H17O4P. The number of hydrogen-bond acceptors (Lipinski definition) is 3. The minimum absolute atomic E-state index is 0.0871. The molecule has 0 radical (unpaired) electrons. The molecular weight excluding hydrogens is 323 g/mol. The van der Waals surface area contributed by atoms with Gasteiger partial charge in [0.15, 0.2) is 0 Å². The van der Waals surface area contributed by atoms with E-state index in [1.807, 2.05) is 18.2 Å². The number of phenolic OH excluding ortho intramolecular Hbond substituents is 2. The van der Waals surface area contributed by atoms with Crippen LogP contribution in [0.15, 0.2) is 78.9 Å². The van der Waals surface area contributed by atoms with Crippen LogP contribution in [0, 0.1) is 0 Å². The predicted octanol–water partition coefficient (Wildman–Crippen LogP) is 3.86. The second kappa shape index (κ2) is 6.52. The molecule has 3 aromatic rings. The Kier molecular flexibility index (Phi) is 4.43. The number of aromatic hydroxyl groups is 2. The third kappa shape index (κ3) is 2.71. The molecule has 3 N–H and O–H groups in total. The molecule has 3 aromatic carbocycles. The first kappa shape index (κ1) is 16.3.